The lowest BCUT2D eigenvalue weighted by Crippen LogP contribution is -2.22. The predicted molar refractivity (Wildman–Crippen MR) is 142 cm³/mol. The first-order chi connectivity index (χ1) is 16.0. The van der Waals surface area contributed by atoms with Crippen molar-refractivity contribution in [2.75, 3.05) is 12.4 Å². The van der Waals surface area contributed by atoms with Crippen LogP contribution in [0.4, 0.5) is 0 Å². The highest BCUT2D eigenvalue weighted by Crippen LogP contribution is 2.35. The van der Waals surface area contributed by atoms with Gasteiger partial charge in [-0.25, -0.2) is 4.98 Å². The minimum Gasteiger partial charge on any atom is -0.493 e. The van der Waals surface area contributed by atoms with E-state index in [2.05, 4.69) is 48.0 Å². The molecule has 1 aliphatic carbocycles. The third-order valence-electron chi connectivity index (χ3n) is 5.80. The second kappa shape index (κ2) is 9.65. The van der Waals surface area contributed by atoms with Crippen molar-refractivity contribution in [3.63, 3.8) is 0 Å². The zero-order valence-corrected chi connectivity index (χ0v) is 21.9. The fourth-order valence-electron chi connectivity index (χ4n) is 4.44. The molecule has 0 spiro atoms. The molecule has 0 amide bonds. The van der Waals surface area contributed by atoms with Crippen LogP contribution >= 0.6 is 39.0 Å². The summed E-state index contributed by atoms with van der Waals surface area (Å²) in [4.78, 5) is 21.1. The highest BCUT2D eigenvalue weighted by Gasteiger charge is 2.23. The first kappa shape index (κ1) is 22.7. The Kier molecular flexibility index (Phi) is 6.63. The number of thiophene rings is 1. The lowest BCUT2D eigenvalue weighted by molar-refractivity contribution is 0.343. The summed E-state index contributed by atoms with van der Waals surface area (Å²) < 4.78 is 8.72. The number of thioether (sulfide) groups is 1. The lowest BCUT2D eigenvalue weighted by atomic mass is 9.97. The van der Waals surface area contributed by atoms with Crippen molar-refractivity contribution in [1.82, 2.24) is 9.55 Å². The maximum absolute atomic E-state index is 13.9. The highest BCUT2D eigenvalue weighted by molar-refractivity contribution is 9.10. The Morgan fingerprint density at radius 1 is 1.12 bits per heavy atom. The van der Waals surface area contributed by atoms with E-state index in [0.717, 1.165) is 61.7 Å². The molecule has 4 nitrogen and oxygen atoms in total. The van der Waals surface area contributed by atoms with E-state index in [1.807, 2.05) is 28.8 Å². The zero-order valence-electron chi connectivity index (χ0n) is 18.7. The SMILES string of the molecule is Cc1cc(C)cc(-n2c(SCCOc3cccc(Br)c3)nc3sc4c(c3c2=O)CCCC4)c1. The van der Waals surface area contributed by atoms with Gasteiger partial charge in [0, 0.05) is 15.1 Å². The van der Waals surface area contributed by atoms with Crippen molar-refractivity contribution in [3.05, 3.63) is 78.9 Å². The van der Waals surface area contributed by atoms with Crippen molar-refractivity contribution in [2.45, 2.75) is 44.7 Å². The minimum absolute atomic E-state index is 0.0554. The number of hydrogen-bond acceptors (Lipinski definition) is 5. The van der Waals surface area contributed by atoms with E-state index in [9.17, 15) is 4.79 Å². The number of benzene rings is 2. The van der Waals surface area contributed by atoms with Gasteiger partial charge in [0.1, 0.15) is 10.6 Å². The monoisotopic (exact) mass is 540 g/mol. The molecule has 0 unspecified atom stereocenters. The van der Waals surface area contributed by atoms with Crippen LogP contribution in [-0.4, -0.2) is 21.9 Å². The van der Waals surface area contributed by atoms with Crippen molar-refractivity contribution in [2.24, 2.45) is 0 Å². The molecule has 33 heavy (non-hydrogen) atoms. The Morgan fingerprint density at radius 2 is 1.91 bits per heavy atom. The van der Waals surface area contributed by atoms with Gasteiger partial charge in [0.05, 0.1) is 17.7 Å². The van der Waals surface area contributed by atoms with Crippen LogP contribution in [0.15, 0.2) is 56.9 Å². The molecule has 170 valence electrons. The van der Waals surface area contributed by atoms with Gasteiger partial charge < -0.3 is 4.74 Å². The summed E-state index contributed by atoms with van der Waals surface area (Å²) in [6.07, 6.45) is 4.37. The summed E-state index contributed by atoms with van der Waals surface area (Å²) in [7, 11) is 0. The number of nitrogens with zero attached hydrogens (tertiary/aromatic N) is 2. The Labute approximate surface area is 210 Å². The molecule has 0 fully saturated rings. The van der Waals surface area contributed by atoms with Gasteiger partial charge in [-0.15, -0.1) is 11.3 Å². The van der Waals surface area contributed by atoms with Crippen molar-refractivity contribution in [3.8, 4) is 11.4 Å². The number of ether oxygens (including phenoxy) is 1. The topological polar surface area (TPSA) is 44.1 Å². The molecule has 0 aliphatic heterocycles. The molecule has 0 atom stereocenters. The summed E-state index contributed by atoms with van der Waals surface area (Å²) in [5.74, 6) is 1.52. The fourth-order valence-corrected chi connectivity index (χ4v) is 6.95. The maximum Gasteiger partial charge on any atom is 0.267 e. The van der Waals surface area contributed by atoms with E-state index >= 15 is 0 Å². The molecule has 2 heterocycles. The van der Waals surface area contributed by atoms with Crippen molar-refractivity contribution in [1.29, 1.82) is 0 Å². The van der Waals surface area contributed by atoms with Gasteiger partial charge in [-0.3, -0.25) is 9.36 Å². The molecular weight excluding hydrogens is 516 g/mol. The predicted octanol–water partition coefficient (Wildman–Crippen LogP) is 6.88. The smallest absolute Gasteiger partial charge is 0.267 e. The lowest BCUT2D eigenvalue weighted by Gasteiger charge is -2.15. The van der Waals surface area contributed by atoms with E-state index < -0.39 is 0 Å². The molecule has 2 aromatic carbocycles. The largest absolute Gasteiger partial charge is 0.493 e. The standard InChI is InChI=1S/C26H25BrN2O2S2/c1-16-12-17(2)14-19(13-16)29-25(30)23-21-8-3-4-9-22(21)33-24(23)28-26(29)32-11-10-31-20-7-5-6-18(27)15-20/h5-7,12-15H,3-4,8-11H2,1-2H3. The Morgan fingerprint density at radius 3 is 2.70 bits per heavy atom. The first-order valence-electron chi connectivity index (χ1n) is 11.2. The molecular formula is C26H25BrN2O2S2. The molecule has 4 aromatic rings. The van der Waals surface area contributed by atoms with Crippen LogP contribution in [0.3, 0.4) is 0 Å². The van der Waals surface area contributed by atoms with Crippen molar-refractivity contribution >= 4 is 49.2 Å². The number of rotatable bonds is 6. The Bertz CT molecular complexity index is 1370. The molecule has 0 saturated carbocycles. The molecule has 0 N–H and O–H groups in total. The van der Waals surface area contributed by atoms with Gasteiger partial charge in [-0.2, -0.15) is 0 Å². The summed E-state index contributed by atoms with van der Waals surface area (Å²) in [5, 5.41) is 1.55. The van der Waals surface area contributed by atoms with E-state index in [1.54, 1.807) is 23.1 Å². The van der Waals surface area contributed by atoms with Crippen LogP contribution in [0.2, 0.25) is 0 Å². The summed E-state index contributed by atoms with van der Waals surface area (Å²) >= 11 is 6.75. The van der Waals surface area contributed by atoms with Gasteiger partial charge >= 0.3 is 0 Å². The van der Waals surface area contributed by atoms with Crippen LogP contribution in [0, 0.1) is 13.8 Å². The summed E-state index contributed by atoms with van der Waals surface area (Å²) in [6, 6.07) is 14.1. The van der Waals surface area contributed by atoms with Crippen LogP contribution in [0.1, 0.15) is 34.4 Å². The van der Waals surface area contributed by atoms with E-state index in [-0.39, 0.29) is 5.56 Å². The molecule has 0 saturated heterocycles. The Hall–Kier alpha value is -2.09. The first-order valence-corrected chi connectivity index (χ1v) is 13.8. The third-order valence-corrected chi connectivity index (χ3v) is 8.38. The highest BCUT2D eigenvalue weighted by atomic mass is 79.9. The normalized spacial score (nSPS) is 13.3. The summed E-state index contributed by atoms with van der Waals surface area (Å²) in [6.45, 7) is 4.67. The molecule has 5 rings (SSSR count). The zero-order chi connectivity index (χ0) is 22.9. The molecule has 0 radical (unpaired) electrons. The quantitative estimate of drug-likeness (QED) is 0.152. The Balaban J connectivity index is 1.52. The number of aromatic nitrogens is 2. The van der Waals surface area contributed by atoms with Gasteiger partial charge in [0.15, 0.2) is 5.16 Å². The maximum atomic E-state index is 13.9. The van der Waals surface area contributed by atoms with Crippen LogP contribution < -0.4 is 10.3 Å². The second-order valence-electron chi connectivity index (χ2n) is 8.43. The average Bonchev–Trinajstić information content (AvgIpc) is 3.15. The van der Waals surface area contributed by atoms with Gasteiger partial charge in [0.2, 0.25) is 0 Å². The van der Waals surface area contributed by atoms with Crippen LogP contribution in [0.25, 0.3) is 15.9 Å². The molecule has 1 aliphatic rings. The number of hydrogen-bond donors (Lipinski definition) is 0. The third kappa shape index (κ3) is 4.77. The molecule has 7 heteroatoms. The van der Waals surface area contributed by atoms with Crippen LogP contribution in [-0.2, 0) is 12.8 Å². The number of fused-ring (bicyclic) bond motifs is 3. The van der Waals surface area contributed by atoms with Gasteiger partial charge in [-0.1, -0.05) is 39.8 Å². The van der Waals surface area contributed by atoms with E-state index in [1.165, 1.54) is 16.9 Å². The second-order valence-corrected chi connectivity index (χ2v) is 11.5. The van der Waals surface area contributed by atoms with Gasteiger partial charge in [0.25, 0.3) is 5.56 Å². The number of halogens is 1. The molecule has 0 bridgehead atoms. The van der Waals surface area contributed by atoms with E-state index in [4.69, 9.17) is 9.72 Å². The van der Waals surface area contributed by atoms with E-state index in [0.29, 0.717) is 12.4 Å². The summed E-state index contributed by atoms with van der Waals surface area (Å²) in [5.41, 5.74) is 4.45. The number of aryl methyl sites for hydroxylation is 4. The van der Waals surface area contributed by atoms with Crippen molar-refractivity contribution < 1.29 is 4.74 Å². The molecule has 2 aromatic heterocycles. The minimum atomic E-state index is 0.0554. The van der Waals surface area contributed by atoms with Crippen LogP contribution in [0.5, 0.6) is 5.75 Å². The van der Waals surface area contributed by atoms with Gasteiger partial charge in [-0.05, 0) is 86.6 Å². The fraction of sp³-hybridized carbons (Fsp3) is 0.308. The average molecular weight is 542 g/mol.